The molecule has 0 spiro atoms. The Morgan fingerprint density at radius 2 is 1.70 bits per heavy atom. The minimum absolute atomic E-state index is 0.408. The maximum absolute atomic E-state index is 12.3. The number of hydrogen-bond donors (Lipinski definition) is 3. The first-order valence-corrected chi connectivity index (χ1v) is 9.53. The molecule has 3 aromatic rings. The van der Waals surface area contributed by atoms with Gasteiger partial charge in [-0.1, -0.05) is 11.6 Å². The van der Waals surface area contributed by atoms with E-state index in [9.17, 15) is 4.79 Å². The van der Waals surface area contributed by atoms with E-state index in [2.05, 4.69) is 25.9 Å². The molecule has 9 heteroatoms. The van der Waals surface area contributed by atoms with Crippen molar-refractivity contribution in [3.8, 4) is 5.75 Å². The van der Waals surface area contributed by atoms with Gasteiger partial charge in [-0.15, -0.1) is 0 Å². The molecule has 3 rings (SSSR count). The lowest BCUT2D eigenvalue weighted by Crippen LogP contribution is -2.19. The van der Waals surface area contributed by atoms with E-state index in [0.717, 1.165) is 17.2 Å². The summed E-state index contributed by atoms with van der Waals surface area (Å²) in [5.41, 5.74) is 2.77. The minimum Gasteiger partial charge on any atom is -0.495 e. The molecule has 0 aliphatic rings. The Bertz CT molecular complexity index is 1040. The number of benzene rings is 2. The van der Waals surface area contributed by atoms with Crippen LogP contribution >= 0.6 is 11.6 Å². The van der Waals surface area contributed by atoms with E-state index >= 15 is 0 Å². The summed E-state index contributed by atoms with van der Waals surface area (Å²) in [4.78, 5) is 23.1. The number of anilines is 5. The van der Waals surface area contributed by atoms with Crippen LogP contribution in [0.4, 0.5) is 33.6 Å². The normalized spacial score (nSPS) is 10.3. The Hall–Kier alpha value is -3.52. The number of nitrogens with one attached hydrogen (secondary N) is 3. The van der Waals surface area contributed by atoms with Gasteiger partial charge in [-0.2, -0.15) is 4.98 Å². The number of carbonyl (C=O) groups is 1. The van der Waals surface area contributed by atoms with Gasteiger partial charge in [-0.25, -0.2) is 9.78 Å². The van der Waals surface area contributed by atoms with Crippen molar-refractivity contribution in [3.63, 3.8) is 0 Å². The zero-order valence-electron chi connectivity index (χ0n) is 17.2. The summed E-state index contributed by atoms with van der Waals surface area (Å²) < 4.78 is 5.23. The van der Waals surface area contributed by atoms with Crippen molar-refractivity contribution < 1.29 is 9.53 Å². The summed E-state index contributed by atoms with van der Waals surface area (Å²) in [5.74, 6) is 1.84. The third kappa shape index (κ3) is 5.51. The number of carbonyl (C=O) groups excluding carboxylic acids is 1. The van der Waals surface area contributed by atoms with Gasteiger partial charge < -0.3 is 25.6 Å². The number of nitrogens with zero attached hydrogens (tertiary/aromatic N) is 3. The van der Waals surface area contributed by atoms with E-state index < -0.39 is 6.03 Å². The van der Waals surface area contributed by atoms with Crippen molar-refractivity contribution in [2.24, 2.45) is 0 Å². The van der Waals surface area contributed by atoms with Crippen LogP contribution in [0.2, 0.25) is 5.02 Å². The third-order valence-electron chi connectivity index (χ3n) is 4.11. The summed E-state index contributed by atoms with van der Waals surface area (Å²) in [6.07, 6.45) is 0. The van der Waals surface area contributed by atoms with E-state index in [1.165, 1.54) is 7.11 Å². The van der Waals surface area contributed by atoms with Crippen LogP contribution < -0.4 is 25.6 Å². The molecule has 156 valence electrons. The highest BCUT2D eigenvalue weighted by Crippen LogP contribution is 2.28. The van der Waals surface area contributed by atoms with Crippen molar-refractivity contribution in [2.75, 3.05) is 42.1 Å². The van der Waals surface area contributed by atoms with Crippen molar-refractivity contribution in [1.82, 2.24) is 9.97 Å². The lowest BCUT2D eigenvalue weighted by molar-refractivity contribution is 0.262. The number of ether oxygens (including phenoxy) is 1. The Morgan fingerprint density at radius 3 is 2.37 bits per heavy atom. The standard InChI is InChI=1S/C21H23ClN6O2/c1-13-11-19(28(2)3)27-20(23-13)24-15-6-8-16(9-7-15)25-21(29)26-17-12-14(22)5-10-18(17)30-4/h5-12H,1-4H3,(H,23,24,27)(H2,25,26,29). The van der Waals surface area contributed by atoms with Gasteiger partial charge in [0.15, 0.2) is 0 Å². The van der Waals surface area contributed by atoms with E-state index in [1.807, 2.05) is 44.1 Å². The lowest BCUT2D eigenvalue weighted by Gasteiger charge is -2.14. The smallest absolute Gasteiger partial charge is 0.323 e. The van der Waals surface area contributed by atoms with Crippen molar-refractivity contribution in [1.29, 1.82) is 0 Å². The monoisotopic (exact) mass is 426 g/mol. The molecule has 0 atom stereocenters. The average molecular weight is 427 g/mol. The van der Waals surface area contributed by atoms with Crippen molar-refractivity contribution in [3.05, 3.63) is 59.2 Å². The van der Waals surface area contributed by atoms with E-state index in [-0.39, 0.29) is 0 Å². The van der Waals surface area contributed by atoms with Crippen molar-refractivity contribution in [2.45, 2.75) is 6.92 Å². The molecule has 0 saturated heterocycles. The molecule has 0 saturated carbocycles. The molecule has 8 nitrogen and oxygen atoms in total. The highest BCUT2D eigenvalue weighted by molar-refractivity contribution is 6.31. The summed E-state index contributed by atoms with van der Waals surface area (Å²) in [6.45, 7) is 1.92. The molecule has 3 N–H and O–H groups in total. The number of aromatic nitrogens is 2. The first-order valence-electron chi connectivity index (χ1n) is 9.15. The second-order valence-corrected chi connectivity index (χ2v) is 7.15. The molecular formula is C21H23ClN6O2. The second kappa shape index (κ2) is 9.32. The number of amides is 2. The van der Waals surface area contributed by atoms with Gasteiger partial charge in [0.2, 0.25) is 5.95 Å². The van der Waals surface area contributed by atoms with E-state index in [4.69, 9.17) is 16.3 Å². The summed E-state index contributed by atoms with van der Waals surface area (Å²) in [6, 6.07) is 13.7. The van der Waals surface area contributed by atoms with Crippen LogP contribution in [0.15, 0.2) is 48.5 Å². The molecule has 0 aliphatic carbocycles. The molecule has 0 bridgehead atoms. The van der Waals surface area contributed by atoms with Crippen LogP contribution in [-0.2, 0) is 0 Å². The zero-order chi connectivity index (χ0) is 21.7. The van der Waals surface area contributed by atoms with Gasteiger partial charge in [-0.05, 0) is 49.4 Å². The quantitative estimate of drug-likeness (QED) is 0.519. The Morgan fingerprint density at radius 1 is 1.00 bits per heavy atom. The maximum Gasteiger partial charge on any atom is 0.323 e. The van der Waals surface area contributed by atoms with Crippen LogP contribution in [0.25, 0.3) is 0 Å². The fourth-order valence-electron chi connectivity index (χ4n) is 2.67. The molecule has 2 amide bonds. The average Bonchev–Trinajstić information content (AvgIpc) is 2.69. The predicted molar refractivity (Wildman–Crippen MR) is 121 cm³/mol. The van der Waals surface area contributed by atoms with Crippen LogP contribution in [-0.4, -0.2) is 37.2 Å². The molecule has 0 aliphatic heterocycles. The molecule has 2 aromatic carbocycles. The predicted octanol–water partition coefficient (Wildman–Crippen LogP) is 4.90. The van der Waals surface area contributed by atoms with Gasteiger partial charge in [-0.3, -0.25) is 0 Å². The van der Waals surface area contributed by atoms with Crippen LogP contribution in [0, 0.1) is 6.92 Å². The van der Waals surface area contributed by atoms with Gasteiger partial charge in [0.05, 0.1) is 12.8 Å². The number of aryl methyl sites for hydroxylation is 1. The maximum atomic E-state index is 12.3. The molecule has 1 aromatic heterocycles. The van der Waals surface area contributed by atoms with Crippen LogP contribution in [0.3, 0.4) is 0 Å². The molecule has 0 unspecified atom stereocenters. The number of halogens is 1. The number of hydrogen-bond acceptors (Lipinski definition) is 6. The number of urea groups is 1. The van der Waals surface area contributed by atoms with Gasteiger partial charge >= 0.3 is 6.03 Å². The van der Waals surface area contributed by atoms with Crippen molar-refractivity contribution >= 4 is 46.5 Å². The molecule has 1 heterocycles. The molecule has 0 radical (unpaired) electrons. The fourth-order valence-corrected chi connectivity index (χ4v) is 2.84. The molecular weight excluding hydrogens is 404 g/mol. The number of methoxy groups -OCH3 is 1. The van der Waals surface area contributed by atoms with Gasteiger partial charge in [0, 0.05) is 42.3 Å². The number of rotatable bonds is 6. The van der Waals surface area contributed by atoms with Crippen LogP contribution in [0.5, 0.6) is 5.75 Å². The Balaban J connectivity index is 1.65. The van der Waals surface area contributed by atoms with Gasteiger partial charge in [0.1, 0.15) is 11.6 Å². The largest absolute Gasteiger partial charge is 0.495 e. The minimum atomic E-state index is -0.408. The first kappa shape index (κ1) is 21.2. The third-order valence-corrected chi connectivity index (χ3v) is 4.34. The van der Waals surface area contributed by atoms with E-state index in [0.29, 0.717) is 28.1 Å². The summed E-state index contributed by atoms with van der Waals surface area (Å²) >= 11 is 5.99. The summed E-state index contributed by atoms with van der Waals surface area (Å²) in [7, 11) is 5.38. The highest BCUT2D eigenvalue weighted by atomic mass is 35.5. The second-order valence-electron chi connectivity index (χ2n) is 6.71. The zero-order valence-corrected chi connectivity index (χ0v) is 17.9. The topological polar surface area (TPSA) is 91.4 Å². The first-order chi connectivity index (χ1) is 14.3. The lowest BCUT2D eigenvalue weighted by atomic mass is 10.2. The summed E-state index contributed by atoms with van der Waals surface area (Å²) in [5, 5.41) is 9.17. The molecule has 30 heavy (non-hydrogen) atoms. The van der Waals surface area contributed by atoms with Gasteiger partial charge in [0.25, 0.3) is 0 Å². The van der Waals surface area contributed by atoms with E-state index in [1.54, 1.807) is 30.3 Å². The Labute approximate surface area is 180 Å². The fraction of sp³-hybridized carbons (Fsp3) is 0.190. The molecule has 0 fully saturated rings. The SMILES string of the molecule is COc1ccc(Cl)cc1NC(=O)Nc1ccc(Nc2nc(C)cc(N(C)C)n2)cc1. The Kier molecular flexibility index (Phi) is 6.58. The highest BCUT2D eigenvalue weighted by Gasteiger charge is 2.09. The van der Waals surface area contributed by atoms with Crippen LogP contribution in [0.1, 0.15) is 5.69 Å².